The predicted octanol–water partition coefficient (Wildman–Crippen LogP) is 6.34. The summed E-state index contributed by atoms with van der Waals surface area (Å²) in [5, 5.41) is 11.5. The van der Waals surface area contributed by atoms with E-state index in [-0.39, 0.29) is 23.4 Å². The van der Waals surface area contributed by atoms with Crippen molar-refractivity contribution in [1.82, 2.24) is 5.32 Å². The SMILES string of the molecule is CC(C#N)(COc1ccc(Br)cc1F)NC(=O)c1ccc(S(F)(F)(F)(F)F)cc1. The predicted molar refractivity (Wildman–Crippen MR) is 98.9 cm³/mol. The number of carbonyl (C=O) groups is 1. The lowest BCUT2D eigenvalue weighted by atomic mass is 10.1. The number of amides is 1. The van der Waals surface area contributed by atoms with E-state index in [2.05, 4.69) is 21.2 Å². The van der Waals surface area contributed by atoms with Crippen LogP contribution in [0.4, 0.5) is 23.8 Å². The molecule has 2 aromatic rings. The van der Waals surface area contributed by atoms with Crippen LogP contribution in [0, 0.1) is 17.1 Å². The number of benzene rings is 2. The molecule has 0 aliphatic heterocycles. The van der Waals surface area contributed by atoms with Crippen LogP contribution in [0.2, 0.25) is 0 Å². The van der Waals surface area contributed by atoms with Crippen molar-refractivity contribution in [3.8, 4) is 11.8 Å². The van der Waals surface area contributed by atoms with Crippen molar-refractivity contribution >= 4 is 32.1 Å². The van der Waals surface area contributed by atoms with Crippen LogP contribution in [0.5, 0.6) is 5.75 Å². The Morgan fingerprint density at radius 1 is 1.17 bits per heavy atom. The molecule has 0 aliphatic rings. The summed E-state index contributed by atoms with van der Waals surface area (Å²) < 4.78 is 83.1. The fourth-order valence-electron chi connectivity index (χ4n) is 2.10. The summed E-state index contributed by atoms with van der Waals surface area (Å²) >= 11 is 3.06. The largest absolute Gasteiger partial charge is 0.487 e. The summed E-state index contributed by atoms with van der Waals surface area (Å²) in [5.41, 5.74) is -2.07. The Balaban J connectivity index is 2.14. The summed E-state index contributed by atoms with van der Waals surface area (Å²) in [6, 6.07) is 6.96. The number of ether oxygens (including phenoxy) is 1. The Kier molecular flexibility index (Phi) is 5.40. The molecule has 0 saturated carbocycles. The van der Waals surface area contributed by atoms with Gasteiger partial charge >= 0.3 is 10.2 Å². The molecule has 29 heavy (non-hydrogen) atoms. The molecule has 0 bridgehead atoms. The van der Waals surface area contributed by atoms with Gasteiger partial charge in [-0.05, 0) is 49.4 Å². The van der Waals surface area contributed by atoms with E-state index in [4.69, 9.17) is 4.74 Å². The molecule has 1 unspecified atom stereocenters. The monoisotopic (exact) mass is 502 g/mol. The number of carbonyl (C=O) groups excluding carboxylic acids is 1. The minimum atomic E-state index is -9.86. The fourth-order valence-corrected chi connectivity index (χ4v) is 3.08. The van der Waals surface area contributed by atoms with Crippen LogP contribution in [0.3, 0.4) is 0 Å². The maximum Gasteiger partial charge on any atom is 0.310 e. The van der Waals surface area contributed by atoms with Gasteiger partial charge in [-0.25, -0.2) is 4.39 Å². The molecule has 0 aromatic heterocycles. The highest BCUT2D eigenvalue weighted by Gasteiger charge is 2.65. The molecule has 0 radical (unpaired) electrons. The van der Waals surface area contributed by atoms with E-state index >= 15 is 0 Å². The van der Waals surface area contributed by atoms with Crippen LogP contribution in [-0.4, -0.2) is 18.1 Å². The van der Waals surface area contributed by atoms with Gasteiger partial charge in [-0.1, -0.05) is 35.4 Å². The van der Waals surface area contributed by atoms with E-state index in [1.165, 1.54) is 19.1 Å². The van der Waals surface area contributed by atoms with Gasteiger partial charge in [0.05, 0.1) is 6.07 Å². The summed E-state index contributed by atoms with van der Waals surface area (Å²) in [6.45, 7) is 0.752. The Morgan fingerprint density at radius 2 is 1.76 bits per heavy atom. The van der Waals surface area contributed by atoms with Crippen LogP contribution in [0.25, 0.3) is 0 Å². The van der Waals surface area contributed by atoms with Crippen LogP contribution in [0.1, 0.15) is 17.3 Å². The number of nitriles is 1. The van der Waals surface area contributed by atoms with E-state index in [0.29, 0.717) is 16.6 Å². The van der Waals surface area contributed by atoms with Gasteiger partial charge in [0.25, 0.3) is 5.91 Å². The Hall–Kier alpha value is -2.39. The zero-order valence-corrected chi connectivity index (χ0v) is 17.0. The number of nitrogens with zero attached hydrogens (tertiary/aromatic N) is 1. The Labute approximate surface area is 170 Å². The average Bonchev–Trinajstić information content (AvgIpc) is 2.59. The highest BCUT2D eigenvalue weighted by Crippen LogP contribution is 3.02. The van der Waals surface area contributed by atoms with Crippen LogP contribution < -0.4 is 10.1 Å². The van der Waals surface area contributed by atoms with Gasteiger partial charge in [-0.2, -0.15) is 5.26 Å². The van der Waals surface area contributed by atoms with Crippen molar-refractivity contribution in [3.63, 3.8) is 0 Å². The molecule has 1 N–H and O–H groups in total. The second kappa shape index (κ2) is 6.84. The number of nitrogens with one attached hydrogen (secondary N) is 1. The maximum atomic E-state index is 13.8. The minimum absolute atomic E-state index is 0.0912. The van der Waals surface area contributed by atoms with Crippen LogP contribution in [-0.2, 0) is 0 Å². The van der Waals surface area contributed by atoms with Crippen molar-refractivity contribution in [1.29, 1.82) is 5.26 Å². The van der Waals surface area contributed by atoms with Crippen LogP contribution >= 0.6 is 26.2 Å². The quantitative estimate of drug-likeness (QED) is 0.469. The molecule has 2 aromatic carbocycles. The zero-order valence-electron chi connectivity index (χ0n) is 14.6. The van der Waals surface area contributed by atoms with E-state index < -0.39 is 39.0 Å². The first kappa shape index (κ1) is 22.9. The standard InChI is InChI=1S/C17H13BrF6N2O2S/c1-17(9-25,10-28-15-7-4-12(18)8-14(15)19)26-16(27)11-2-5-13(6-3-11)29(20,21,22,23)24/h2-8H,10H2,1H3,(H,26,27). The minimum Gasteiger partial charge on any atom is -0.487 e. The smallest absolute Gasteiger partial charge is 0.310 e. The van der Waals surface area contributed by atoms with Gasteiger partial charge in [0.1, 0.15) is 11.5 Å². The zero-order chi connectivity index (χ0) is 22.2. The van der Waals surface area contributed by atoms with Gasteiger partial charge < -0.3 is 10.1 Å². The lowest BCUT2D eigenvalue weighted by Crippen LogP contribution is -2.49. The molecule has 0 fully saturated rings. The lowest BCUT2D eigenvalue weighted by Gasteiger charge is -2.40. The van der Waals surface area contributed by atoms with Crippen molar-refractivity contribution in [2.24, 2.45) is 0 Å². The van der Waals surface area contributed by atoms with Crippen molar-refractivity contribution in [2.75, 3.05) is 6.61 Å². The van der Waals surface area contributed by atoms with E-state index in [1.54, 1.807) is 6.07 Å². The summed E-state index contributed by atoms with van der Waals surface area (Å²) in [4.78, 5) is 10.1. The van der Waals surface area contributed by atoms with E-state index in [1.807, 2.05) is 0 Å². The molecule has 158 valence electrons. The normalized spacial score (nSPS) is 16.0. The number of halogens is 7. The summed E-state index contributed by atoms with van der Waals surface area (Å²) in [7, 11) is -9.86. The molecule has 4 nitrogen and oxygen atoms in total. The van der Waals surface area contributed by atoms with E-state index in [9.17, 15) is 33.9 Å². The first-order valence-corrected chi connectivity index (χ1v) is 10.4. The molecule has 0 heterocycles. The molecule has 0 saturated heterocycles. The van der Waals surface area contributed by atoms with Gasteiger partial charge in [0, 0.05) is 10.0 Å². The first-order valence-electron chi connectivity index (χ1n) is 7.69. The van der Waals surface area contributed by atoms with Crippen molar-refractivity contribution in [2.45, 2.75) is 17.4 Å². The van der Waals surface area contributed by atoms with Gasteiger partial charge in [0.2, 0.25) is 0 Å². The molecule has 0 aliphatic carbocycles. The number of hydrogen-bond acceptors (Lipinski definition) is 3. The molecule has 12 heteroatoms. The van der Waals surface area contributed by atoms with E-state index in [0.717, 1.165) is 6.07 Å². The summed E-state index contributed by atoms with van der Waals surface area (Å²) in [6.07, 6.45) is 0. The average molecular weight is 503 g/mol. The van der Waals surface area contributed by atoms with Crippen molar-refractivity contribution in [3.05, 3.63) is 58.3 Å². The van der Waals surface area contributed by atoms with Crippen molar-refractivity contribution < 1.29 is 33.4 Å². The van der Waals surface area contributed by atoms with Crippen LogP contribution in [0.15, 0.2) is 51.8 Å². The second-order valence-electron chi connectivity index (χ2n) is 6.25. The third-order valence-corrected chi connectivity index (χ3v) is 5.26. The Bertz CT molecular complexity index is 993. The highest BCUT2D eigenvalue weighted by molar-refractivity contribution is 9.10. The summed E-state index contributed by atoms with van der Waals surface area (Å²) in [5.74, 6) is -1.91. The second-order valence-corrected chi connectivity index (χ2v) is 9.58. The fraction of sp³-hybridized carbons (Fsp3) is 0.176. The molecular formula is C17H13BrF6N2O2S. The molecular weight excluding hydrogens is 490 g/mol. The number of rotatable bonds is 6. The number of hydrogen-bond donors (Lipinski definition) is 1. The Morgan fingerprint density at radius 3 is 2.24 bits per heavy atom. The first-order chi connectivity index (χ1) is 13.0. The topological polar surface area (TPSA) is 62.1 Å². The van der Waals surface area contributed by atoms with Gasteiger partial charge in [-0.3, -0.25) is 4.79 Å². The third-order valence-electron chi connectivity index (χ3n) is 3.61. The van der Waals surface area contributed by atoms with Gasteiger partial charge in [0.15, 0.2) is 17.1 Å². The highest BCUT2D eigenvalue weighted by atomic mass is 79.9. The maximum absolute atomic E-state index is 13.8. The molecule has 1 amide bonds. The molecule has 0 spiro atoms. The molecule has 1 atom stereocenters. The molecule has 2 rings (SSSR count). The van der Waals surface area contributed by atoms with Gasteiger partial charge in [-0.15, -0.1) is 0 Å². The third kappa shape index (κ3) is 6.04. The lowest BCUT2D eigenvalue weighted by molar-refractivity contribution is 0.0900.